The van der Waals surface area contributed by atoms with Gasteiger partial charge in [0.15, 0.2) is 5.75 Å². The van der Waals surface area contributed by atoms with Crippen molar-refractivity contribution in [2.24, 2.45) is 0 Å². The van der Waals surface area contributed by atoms with Crippen LogP contribution in [0.1, 0.15) is 10.4 Å². The summed E-state index contributed by atoms with van der Waals surface area (Å²) >= 11 is 19.1. The van der Waals surface area contributed by atoms with Crippen molar-refractivity contribution in [3.63, 3.8) is 0 Å². The van der Waals surface area contributed by atoms with Crippen molar-refractivity contribution in [2.75, 3.05) is 12.9 Å². The molecule has 2 aromatic rings. The number of hydrazine groups is 1. The second-order valence-electron chi connectivity index (χ2n) is 4.72. The largest absolute Gasteiger partial charge is 0.494 e. The lowest BCUT2D eigenvalue weighted by molar-refractivity contribution is -0.119. The van der Waals surface area contributed by atoms with E-state index in [1.165, 1.54) is 31.0 Å². The fraction of sp³-hybridized carbons (Fsp3) is 0.125. The number of hydrogen-bond acceptors (Lipinski definition) is 4. The van der Waals surface area contributed by atoms with E-state index in [9.17, 15) is 9.59 Å². The molecule has 5 nitrogen and oxygen atoms in total. The summed E-state index contributed by atoms with van der Waals surface area (Å²) in [4.78, 5) is 24.8. The van der Waals surface area contributed by atoms with Crippen molar-refractivity contribution in [1.82, 2.24) is 10.9 Å². The zero-order valence-corrected chi connectivity index (χ0v) is 16.0. The Hall–Kier alpha value is -1.60. The van der Waals surface area contributed by atoms with Gasteiger partial charge in [-0.3, -0.25) is 20.4 Å². The van der Waals surface area contributed by atoms with E-state index in [0.717, 1.165) is 4.90 Å². The molecule has 0 aliphatic heterocycles. The van der Waals surface area contributed by atoms with Gasteiger partial charge in [-0.05, 0) is 36.4 Å². The maximum atomic E-state index is 12.1. The van der Waals surface area contributed by atoms with Crippen molar-refractivity contribution in [1.29, 1.82) is 0 Å². The van der Waals surface area contributed by atoms with Gasteiger partial charge in [-0.15, -0.1) is 11.8 Å². The highest BCUT2D eigenvalue weighted by molar-refractivity contribution is 8.00. The van der Waals surface area contributed by atoms with E-state index >= 15 is 0 Å². The number of carbonyl (C=O) groups excluding carboxylic acids is 2. The summed E-state index contributed by atoms with van der Waals surface area (Å²) in [6.45, 7) is 0. The molecule has 0 unspecified atom stereocenters. The zero-order valence-electron chi connectivity index (χ0n) is 12.9. The minimum absolute atomic E-state index is 0.131. The normalized spacial score (nSPS) is 10.2. The molecule has 2 amide bonds. The number of benzene rings is 2. The summed E-state index contributed by atoms with van der Waals surface area (Å²) in [7, 11) is 1.42. The van der Waals surface area contributed by atoms with Crippen LogP contribution in [0, 0.1) is 0 Å². The molecule has 0 radical (unpaired) electrons. The Balaban J connectivity index is 1.87. The average Bonchev–Trinajstić information content (AvgIpc) is 2.58. The first kappa shape index (κ1) is 19.7. The quantitative estimate of drug-likeness (QED) is 0.563. The first-order valence-electron chi connectivity index (χ1n) is 6.91. The highest BCUT2D eigenvalue weighted by atomic mass is 35.5. The average molecular weight is 420 g/mol. The first-order chi connectivity index (χ1) is 11.9. The molecule has 0 aromatic heterocycles. The molecule has 0 heterocycles. The molecule has 0 saturated carbocycles. The molecule has 2 aromatic carbocycles. The van der Waals surface area contributed by atoms with E-state index in [4.69, 9.17) is 39.5 Å². The van der Waals surface area contributed by atoms with E-state index in [2.05, 4.69) is 10.9 Å². The molecule has 0 spiro atoms. The Morgan fingerprint density at radius 2 is 1.64 bits per heavy atom. The van der Waals surface area contributed by atoms with Crippen molar-refractivity contribution >= 4 is 58.4 Å². The van der Waals surface area contributed by atoms with E-state index in [0.29, 0.717) is 5.02 Å². The molecule has 9 heteroatoms. The molecule has 0 saturated heterocycles. The van der Waals surface area contributed by atoms with Crippen LogP contribution in [0.5, 0.6) is 5.75 Å². The number of thioether (sulfide) groups is 1. The maximum Gasteiger partial charge on any atom is 0.269 e. The number of ether oxygens (including phenoxy) is 1. The van der Waals surface area contributed by atoms with Gasteiger partial charge in [0.1, 0.15) is 0 Å². The number of nitrogens with one attached hydrogen (secondary N) is 2. The zero-order chi connectivity index (χ0) is 18.4. The van der Waals surface area contributed by atoms with Gasteiger partial charge >= 0.3 is 0 Å². The van der Waals surface area contributed by atoms with Gasteiger partial charge < -0.3 is 4.74 Å². The van der Waals surface area contributed by atoms with Crippen molar-refractivity contribution < 1.29 is 14.3 Å². The lowest BCUT2D eigenvalue weighted by Crippen LogP contribution is -2.42. The molecule has 0 bridgehead atoms. The van der Waals surface area contributed by atoms with Gasteiger partial charge in [-0.25, -0.2) is 0 Å². The Labute approximate surface area is 163 Å². The summed E-state index contributed by atoms with van der Waals surface area (Å²) in [6.07, 6.45) is 0. The summed E-state index contributed by atoms with van der Waals surface area (Å²) in [6, 6.07) is 9.88. The van der Waals surface area contributed by atoms with Gasteiger partial charge in [0.05, 0.1) is 22.9 Å². The van der Waals surface area contributed by atoms with E-state index in [-0.39, 0.29) is 33.0 Å². The fourth-order valence-corrected chi connectivity index (χ4v) is 3.27. The third-order valence-electron chi connectivity index (χ3n) is 2.96. The summed E-state index contributed by atoms with van der Waals surface area (Å²) < 4.78 is 5.01. The van der Waals surface area contributed by atoms with Crippen LogP contribution in [0.4, 0.5) is 0 Å². The van der Waals surface area contributed by atoms with Gasteiger partial charge in [0.2, 0.25) is 5.91 Å². The second kappa shape index (κ2) is 9.20. The Morgan fingerprint density at radius 1 is 1.04 bits per heavy atom. The number of amides is 2. The predicted molar refractivity (Wildman–Crippen MR) is 101 cm³/mol. The highest BCUT2D eigenvalue weighted by Crippen LogP contribution is 2.33. The molecule has 0 aliphatic carbocycles. The van der Waals surface area contributed by atoms with Crippen LogP contribution < -0.4 is 15.6 Å². The molecule has 2 N–H and O–H groups in total. The number of hydrogen-bond donors (Lipinski definition) is 2. The third kappa shape index (κ3) is 5.71. The molecule has 0 atom stereocenters. The maximum absolute atomic E-state index is 12.1. The van der Waals surface area contributed by atoms with Gasteiger partial charge in [0.25, 0.3) is 5.91 Å². The monoisotopic (exact) mass is 418 g/mol. The summed E-state index contributed by atoms with van der Waals surface area (Å²) in [5, 5.41) is 1.02. The Bertz CT molecular complexity index is 762. The summed E-state index contributed by atoms with van der Waals surface area (Å²) in [5.74, 6) is -0.495. The second-order valence-corrected chi connectivity index (χ2v) is 7.02. The minimum Gasteiger partial charge on any atom is -0.494 e. The lowest BCUT2D eigenvalue weighted by Gasteiger charge is -2.10. The third-order valence-corrected chi connectivity index (χ3v) is 4.79. The molecule has 25 heavy (non-hydrogen) atoms. The van der Waals surface area contributed by atoms with Crippen molar-refractivity contribution in [2.45, 2.75) is 4.90 Å². The smallest absolute Gasteiger partial charge is 0.269 e. The Morgan fingerprint density at radius 3 is 2.20 bits per heavy atom. The van der Waals surface area contributed by atoms with Gasteiger partial charge in [0, 0.05) is 15.5 Å². The predicted octanol–water partition coefficient (Wildman–Crippen LogP) is 4.21. The van der Waals surface area contributed by atoms with Gasteiger partial charge in [-0.1, -0.05) is 34.8 Å². The molecular formula is C16H13Cl3N2O3S. The van der Waals surface area contributed by atoms with E-state index in [1.807, 2.05) is 0 Å². The van der Waals surface area contributed by atoms with Crippen LogP contribution in [0.25, 0.3) is 0 Å². The van der Waals surface area contributed by atoms with Crippen LogP contribution in [0.3, 0.4) is 0 Å². The fourth-order valence-electron chi connectivity index (χ4n) is 1.80. The van der Waals surface area contributed by atoms with E-state index in [1.54, 1.807) is 24.3 Å². The van der Waals surface area contributed by atoms with E-state index < -0.39 is 5.91 Å². The summed E-state index contributed by atoms with van der Waals surface area (Å²) in [5.41, 5.74) is 4.83. The molecular weight excluding hydrogens is 407 g/mol. The van der Waals surface area contributed by atoms with Crippen molar-refractivity contribution in [3.05, 3.63) is 57.0 Å². The van der Waals surface area contributed by atoms with Crippen LogP contribution in [0.15, 0.2) is 41.3 Å². The topological polar surface area (TPSA) is 67.4 Å². The van der Waals surface area contributed by atoms with Crippen LogP contribution in [-0.2, 0) is 4.79 Å². The van der Waals surface area contributed by atoms with Crippen LogP contribution in [0.2, 0.25) is 15.1 Å². The number of methoxy groups -OCH3 is 1. The minimum atomic E-state index is -0.545. The number of halogens is 3. The lowest BCUT2D eigenvalue weighted by atomic mass is 10.2. The van der Waals surface area contributed by atoms with Crippen LogP contribution >= 0.6 is 46.6 Å². The number of carbonyl (C=O) groups is 2. The Kier molecular flexibility index (Phi) is 7.25. The molecule has 2 rings (SSSR count). The molecule has 0 fully saturated rings. The van der Waals surface area contributed by atoms with Crippen molar-refractivity contribution in [3.8, 4) is 5.75 Å². The SMILES string of the molecule is COc1c(Cl)cc(C(=O)NNC(=O)CSc2ccc(Cl)cc2)cc1Cl. The molecule has 0 aliphatic rings. The first-order valence-corrected chi connectivity index (χ1v) is 9.03. The molecule has 132 valence electrons. The highest BCUT2D eigenvalue weighted by Gasteiger charge is 2.14. The van der Waals surface area contributed by atoms with Crippen LogP contribution in [-0.4, -0.2) is 24.7 Å². The standard InChI is InChI=1S/C16H13Cl3N2O3S/c1-24-15-12(18)6-9(7-13(15)19)16(23)21-20-14(22)8-25-11-4-2-10(17)3-5-11/h2-7H,8H2,1H3,(H,20,22)(H,21,23). The number of rotatable bonds is 5. The van der Waals surface area contributed by atoms with Gasteiger partial charge in [-0.2, -0.15) is 0 Å².